The normalized spacial score (nSPS) is 16.3. The van der Waals surface area contributed by atoms with Crippen LogP contribution < -0.4 is 5.56 Å². The fourth-order valence-corrected chi connectivity index (χ4v) is 2.12. The van der Waals surface area contributed by atoms with Crippen molar-refractivity contribution in [3.8, 4) is 0 Å². The first-order chi connectivity index (χ1) is 7.36. The van der Waals surface area contributed by atoms with E-state index in [1.165, 1.54) is 6.42 Å². The van der Waals surface area contributed by atoms with E-state index in [1.807, 2.05) is 0 Å². The highest BCUT2D eigenvalue weighted by molar-refractivity contribution is 5.72. The average Bonchev–Trinajstić information content (AvgIpc) is 2.56. The van der Waals surface area contributed by atoms with E-state index in [1.54, 1.807) is 10.8 Å². The first kappa shape index (κ1) is 8.64. The minimum atomic E-state index is 0.0469. The Bertz CT molecular complexity index is 554. The summed E-state index contributed by atoms with van der Waals surface area (Å²) in [6.07, 6.45) is 5.81. The van der Waals surface area contributed by atoms with E-state index in [-0.39, 0.29) is 5.56 Å². The summed E-state index contributed by atoms with van der Waals surface area (Å²) in [7, 11) is 0. The van der Waals surface area contributed by atoms with Crippen LogP contribution in [0.5, 0.6) is 0 Å². The van der Waals surface area contributed by atoms with Gasteiger partial charge in [0.05, 0.1) is 6.20 Å². The molecule has 0 bridgehead atoms. The summed E-state index contributed by atoms with van der Waals surface area (Å²) in [5, 5.41) is 7.21. The summed E-state index contributed by atoms with van der Waals surface area (Å²) in [4.78, 5) is 16.5. The van der Waals surface area contributed by atoms with E-state index < -0.39 is 0 Å². The molecule has 15 heavy (non-hydrogen) atoms. The Morgan fingerprint density at radius 1 is 1.33 bits per heavy atom. The van der Waals surface area contributed by atoms with Gasteiger partial charge in [-0.25, -0.2) is 4.98 Å². The highest BCUT2D eigenvalue weighted by Gasteiger charge is 2.13. The number of aryl methyl sites for hydroxylation is 1. The van der Waals surface area contributed by atoms with Crippen LogP contribution in [0.4, 0.5) is 0 Å². The third kappa shape index (κ3) is 1.26. The van der Waals surface area contributed by atoms with Gasteiger partial charge in [-0.05, 0) is 12.8 Å². The number of fused-ring (bicyclic) bond motifs is 2. The predicted molar refractivity (Wildman–Crippen MR) is 55.7 cm³/mol. The van der Waals surface area contributed by atoms with Crippen LogP contribution in [-0.2, 0) is 13.0 Å². The predicted octanol–water partition coefficient (Wildman–Crippen LogP) is 0.846. The lowest BCUT2D eigenvalue weighted by Gasteiger charge is -2.06. The van der Waals surface area contributed by atoms with Gasteiger partial charge in [-0.1, -0.05) is 6.42 Å². The van der Waals surface area contributed by atoms with Gasteiger partial charge in [0.25, 0.3) is 5.56 Å². The topological polar surface area (TPSA) is 63.6 Å². The zero-order chi connectivity index (χ0) is 10.3. The number of nitrogens with one attached hydrogen (secondary N) is 1. The molecule has 5 heteroatoms. The lowest BCUT2D eigenvalue weighted by atomic mass is 10.2. The molecule has 0 aromatic carbocycles. The Morgan fingerprint density at radius 2 is 2.27 bits per heavy atom. The fraction of sp³-hybridized carbons (Fsp3) is 0.500. The van der Waals surface area contributed by atoms with Gasteiger partial charge in [-0.2, -0.15) is 5.10 Å². The van der Waals surface area contributed by atoms with Gasteiger partial charge in [0.2, 0.25) is 0 Å². The van der Waals surface area contributed by atoms with Gasteiger partial charge < -0.3 is 0 Å². The summed E-state index contributed by atoms with van der Waals surface area (Å²) in [6, 6.07) is 0. The quantitative estimate of drug-likeness (QED) is 0.691. The number of aromatic amines is 1. The fourth-order valence-electron chi connectivity index (χ4n) is 2.12. The van der Waals surface area contributed by atoms with E-state index in [0.29, 0.717) is 11.0 Å². The van der Waals surface area contributed by atoms with Crippen molar-refractivity contribution in [3.63, 3.8) is 0 Å². The SMILES string of the molecule is O=c1c2cn[nH]c2nc2n1CCCCC2. The maximum atomic E-state index is 12.0. The van der Waals surface area contributed by atoms with Crippen LogP contribution in [0.3, 0.4) is 0 Å². The molecule has 1 aliphatic rings. The van der Waals surface area contributed by atoms with Gasteiger partial charge in [0.15, 0.2) is 5.65 Å². The minimum Gasteiger partial charge on any atom is -0.296 e. The molecular formula is C10H12N4O. The van der Waals surface area contributed by atoms with E-state index in [2.05, 4.69) is 15.2 Å². The summed E-state index contributed by atoms with van der Waals surface area (Å²) in [5.74, 6) is 0.897. The number of H-pyrrole nitrogens is 1. The largest absolute Gasteiger partial charge is 0.296 e. The summed E-state index contributed by atoms with van der Waals surface area (Å²) < 4.78 is 1.80. The first-order valence-electron chi connectivity index (χ1n) is 5.29. The van der Waals surface area contributed by atoms with Crippen LogP contribution in [0, 0.1) is 0 Å². The first-order valence-corrected chi connectivity index (χ1v) is 5.29. The third-order valence-corrected chi connectivity index (χ3v) is 2.93. The average molecular weight is 204 g/mol. The second kappa shape index (κ2) is 3.18. The summed E-state index contributed by atoms with van der Waals surface area (Å²) in [6.45, 7) is 0.794. The van der Waals surface area contributed by atoms with E-state index >= 15 is 0 Å². The van der Waals surface area contributed by atoms with Crippen LogP contribution >= 0.6 is 0 Å². The molecule has 2 aromatic rings. The highest BCUT2D eigenvalue weighted by Crippen LogP contribution is 2.12. The third-order valence-electron chi connectivity index (χ3n) is 2.93. The Balaban J connectivity index is 2.33. The lowest BCUT2D eigenvalue weighted by molar-refractivity contribution is 0.614. The van der Waals surface area contributed by atoms with Gasteiger partial charge in [-0.15, -0.1) is 0 Å². The molecule has 0 saturated heterocycles. The summed E-state index contributed by atoms with van der Waals surface area (Å²) in [5.41, 5.74) is 0.666. The number of hydrogen-bond donors (Lipinski definition) is 1. The molecule has 0 fully saturated rings. The second-order valence-electron chi connectivity index (χ2n) is 3.93. The molecular weight excluding hydrogens is 192 g/mol. The van der Waals surface area contributed by atoms with Crippen molar-refractivity contribution in [1.82, 2.24) is 19.7 Å². The van der Waals surface area contributed by atoms with Crippen LogP contribution in [0.15, 0.2) is 11.0 Å². The number of nitrogens with zero attached hydrogens (tertiary/aromatic N) is 3. The number of hydrogen-bond acceptors (Lipinski definition) is 3. The van der Waals surface area contributed by atoms with Crippen molar-refractivity contribution in [2.24, 2.45) is 0 Å². The zero-order valence-corrected chi connectivity index (χ0v) is 8.36. The van der Waals surface area contributed by atoms with Crippen molar-refractivity contribution < 1.29 is 0 Å². The molecule has 0 atom stereocenters. The van der Waals surface area contributed by atoms with Crippen LogP contribution in [-0.4, -0.2) is 19.7 Å². The maximum Gasteiger partial charge on any atom is 0.264 e. The van der Waals surface area contributed by atoms with Crippen molar-refractivity contribution in [3.05, 3.63) is 22.4 Å². The number of aromatic nitrogens is 4. The molecule has 0 aliphatic carbocycles. The zero-order valence-electron chi connectivity index (χ0n) is 8.36. The molecule has 0 spiro atoms. The van der Waals surface area contributed by atoms with Gasteiger partial charge in [0, 0.05) is 13.0 Å². The minimum absolute atomic E-state index is 0.0469. The van der Waals surface area contributed by atoms with Crippen LogP contribution in [0.1, 0.15) is 25.1 Å². The van der Waals surface area contributed by atoms with Crippen molar-refractivity contribution in [1.29, 1.82) is 0 Å². The van der Waals surface area contributed by atoms with Crippen molar-refractivity contribution in [2.75, 3.05) is 0 Å². The Morgan fingerprint density at radius 3 is 3.20 bits per heavy atom. The number of rotatable bonds is 0. The molecule has 0 unspecified atom stereocenters. The van der Waals surface area contributed by atoms with Crippen LogP contribution in [0.2, 0.25) is 0 Å². The molecule has 3 rings (SSSR count). The summed E-state index contributed by atoms with van der Waals surface area (Å²) >= 11 is 0. The molecule has 3 heterocycles. The van der Waals surface area contributed by atoms with Crippen molar-refractivity contribution in [2.45, 2.75) is 32.2 Å². The monoisotopic (exact) mass is 204 g/mol. The molecule has 78 valence electrons. The van der Waals surface area contributed by atoms with E-state index in [9.17, 15) is 4.79 Å². The lowest BCUT2D eigenvalue weighted by Crippen LogP contribution is -2.24. The molecule has 2 aromatic heterocycles. The Hall–Kier alpha value is -1.65. The molecule has 1 N–H and O–H groups in total. The van der Waals surface area contributed by atoms with Crippen molar-refractivity contribution >= 4 is 11.0 Å². The van der Waals surface area contributed by atoms with E-state index in [4.69, 9.17) is 0 Å². The standard InChI is InChI=1S/C10H12N4O/c15-10-7-6-11-13-9(7)12-8-4-2-1-3-5-14(8)10/h6H,1-5H2,(H,11,13). The molecule has 0 amide bonds. The Kier molecular flexibility index (Phi) is 1.83. The van der Waals surface area contributed by atoms with E-state index in [0.717, 1.165) is 31.6 Å². The second-order valence-corrected chi connectivity index (χ2v) is 3.93. The van der Waals surface area contributed by atoms with Gasteiger partial charge in [0.1, 0.15) is 11.2 Å². The maximum absolute atomic E-state index is 12.0. The smallest absolute Gasteiger partial charge is 0.264 e. The highest BCUT2D eigenvalue weighted by atomic mass is 16.1. The Labute approximate surface area is 86.1 Å². The van der Waals surface area contributed by atoms with Gasteiger partial charge in [-0.3, -0.25) is 14.5 Å². The molecule has 0 saturated carbocycles. The van der Waals surface area contributed by atoms with Gasteiger partial charge >= 0.3 is 0 Å². The van der Waals surface area contributed by atoms with Crippen LogP contribution in [0.25, 0.3) is 11.0 Å². The molecule has 5 nitrogen and oxygen atoms in total. The molecule has 0 radical (unpaired) electrons. The molecule has 1 aliphatic heterocycles.